The van der Waals surface area contributed by atoms with Crippen LogP contribution in [0.2, 0.25) is 0 Å². The maximum Gasteiger partial charge on any atom is 0.152 e. The van der Waals surface area contributed by atoms with Crippen molar-refractivity contribution in [3.05, 3.63) is 35.5 Å². The zero-order valence-electron chi connectivity index (χ0n) is 9.78. The molecule has 0 fully saturated rings. The van der Waals surface area contributed by atoms with Crippen molar-refractivity contribution in [1.29, 1.82) is 0 Å². The van der Waals surface area contributed by atoms with Crippen LogP contribution in [0.15, 0.2) is 24.3 Å². The van der Waals surface area contributed by atoms with Crippen LogP contribution < -0.4 is 11.1 Å². The van der Waals surface area contributed by atoms with Crippen LogP contribution in [0.25, 0.3) is 0 Å². The summed E-state index contributed by atoms with van der Waals surface area (Å²) in [6, 6.07) is 8.16. The molecule has 0 aliphatic heterocycles. The lowest BCUT2D eigenvalue weighted by molar-refractivity contribution is 0.765. The van der Waals surface area contributed by atoms with Crippen molar-refractivity contribution in [1.82, 2.24) is 9.78 Å². The first-order valence-corrected chi connectivity index (χ1v) is 5.20. The van der Waals surface area contributed by atoms with Gasteiger partial charge in [-0.05, 0) is 26.0 Å². The molecule has 0 unspecified atom stereocenters. The van der Waals surface area contributed by atoms with E-state index in [0.717, 1.165) is 17.2 Å². The molecular weight excluding hydrogens is 200 g/mol. The molecule has 1 aromatic heterocycles. The summed E-state index contributed by atoms with van der Waals surface area (Å²) < 4.78 is 1.75. The average Bonchev–Trinajstić information content (AvgIpc) is 2.48. The number of hydrogen-bond acceptors (Lipinski definition) is 3. The Bertz CT molecular complexity index is 496. The van der Waals surface area contributed by atoms with Gasteiger partial charge in [0.05, 0.1) is 11.4 Å². The number of anilines is 3. The standard InChI is InChI=1S/C12H16N4/c1-8-4-6-10(7-5-8)14-12-11(13)9(2)15-16(12)3/h4-7,14H,13H2,1-3H3. The molecule has 0 radical (unpaired) electrons. The molecule has 0 saturated heterocycles. The van der Waals surface area contributed by atoms with Crippen molar-refractivity contribution >= 4 is 17.2 Å². The molecule has 0 atom stereocenters. The van der Waals surface area contributed by atoms with Crippen LogP contribution >= 0.6 is 0 Å². The van der Waals surface area contributed by atoms with Gasteiger partial charge in [0.2, 0.25) is 0 Å². The van der Waals surface area contributed by atoms with Crippen LogP contribution in [0.1, 0.15) is 11.3 Å². The highest BCUT2D eigenvalue weighted by atomic mass is 15.3. The maximum absolute atomic E-state index is 5.94. The van der Waals surface area contributed by atoms with Crippen LogP contribution in [0.3, 0.4) is 0 Å². The minimum absolute atomic E-state index is 0.697. The van der Waals surface area contributed by atoms with E-state index < -0.39 is 0 Å². The van der Waals surface area contributed by atoms with Gasteiger partial charge in [-0.2, -0.15) is 5.10 Å². The molecular formula is C12H16N4. The molecule has 0 aliphatic rings. The molecule has 1 heterocycles. The van der Waals surface area contributed by atoms with Crippen LogP contribution in [-0.4, -0.2) is 9.78 Å². The van der Waals surface area contributed by atoms with Gasteiger partial charge in [-0.3, -0.25) is 4.68 Å². The predicted octanol–water partition coefficient (Wildman–Crippen LogP) is 2.36. The second-order valence-corrected chi connectivity index (χ2v) is 3.96. The average molecular weight is 216 g/mol. The molecule has 4 nitrogen and oxygen atoms in total. The number of aromatic nitrogens is 2. The Morgan fingerprint density at radius 1 is 1.19 bits per heavy atom. The lowest BCUT2D eigenvalue weighted by Crippen LogP contribution is -2.01. The van der Waals surface area contributed by atoms with Gasteiger partial charge in [-0.25, -0.2) is 0 Å². The Hall–Kier alpha value is -1.97. The fourth-order valence-electron chi connectivity index (χ4n) is 1.60. The molecule has 2 aromatic rings. The highest BCUT2D eigenvalue weighted by Gasteiger charge is 2.09. The van der Waals surface area contributed by atoms with E-state index in [2.05, 4.69) is 29.5 Å². The molecule has 0 spiro atoms. The molecule has 4 heteroatoms. The highest BCUT2D eigenvalue weighted by Crippen LogP contribution is 2.24. The van der Waals surface area contributed by atoms with E-state index in [1.165, 1.54) is 5.56 Å². The second kappa shape index (κ2) is 3.89. The van der Waals surface area contributed by atoms with Gasteiger partial charge in [0.25, 0.3) is 0 Å². The molecule has 84 valence electrons. The zero-order chi connectivity index (χ0) is 11.7. The zero-order valence-corrected chi connectivity index (χ0v) is 9.78. The molecule has 0 amide bonds. The first-order chi connectivity index (χ1) is 7.58. The highest BCUT2D eigenvalue weighted by molar-refractivity contribution is 5.71. The van der Waals surface area contributed by atoms with E-state index in [4.69, 9.17) is 5.73 Å². The fourth-order valence-corrected chi connectivity index (χ4v) is 1.60. The fraction of sp³-hybridized carbons (Fsp3) is 0.250. The minimum atomic E-state index is 0.697. The molecule has 0 bridgehead atoms. The Morgan fingerprint density at radius 2 is 1.81 bits per heavy atom. The Kier molecular flexibility index (Phi) is 2.56. The Morgan fingerprint density at radius 3 is 2.31 bits per heavy atom. The van der Waals surface area contributed by atoms with Crippen molar-refractivity contribution in [3.63, 3.8) is 0 Å². The number of benzene rings is 1. The summed E-state index contributed by atoms with van der Waals surface area (Å²) >= 11 is 0. The summed E-state index contributed by atoms with van der Waals surface area (Å²) in [4.78, 5) is 0. The van der Waals surface area contributed by atoms with Gasteiger partial charge in [-0.1, -0.05) is 17.7 Å². The van der Waals surface area contributed by atoms with Crippen molar-refractivity contribution in [2.24, 2.45) is 7.05 Å². The summed E-state index contributed by atoms with van der Waals surface area (Å²) in [5.41, 5.74) is 9.73. The monoisotopic (exact) mass is 216 g/mol. The van der Waals surface area contributed by atoms with Gasteiger partial charge in [0.1, 0.15) is 0 Å². The van der Waals surface area contributed by atoms with Crippen molar-refractivity contribution in [2.45, 2.75) is 13.8 Å². The van der Waals surface area contributed by atoms with E-state index in [9.17, 15) is 0 Å². The lowest BCUT2D eigenvalue weighted by Gasteiger charge is -2.07. The third-order valence-electron chi connectivity index (χ3n) is 2.58. The SMILES string of the molecule is Cc1ccc(Nc2c(N)c(C)nn2C)cc1. The van der Waals surface area contributed by atoms with Gasteiger partial charge in [-0.15, -0.1) is 0 Å². The topological polar surface area (TPSA) is 55.9 Å². The predicted molar refractivity (Wildman–Crippen MR) is 66.8 cm³/mol. The summed E-state index contributed by atoms with van der Waals surface area (Å²) in [6.07, 6.45) is 0. The quantitative estimate of drug-likeness (QED) is 0.810. The molecule has 2 rings (SSSR count). The second-order valence-electron chi connectivity index (χ2n) is 3.96. The number of nitrogens with one attached hydrogen (secondary N) is 1. The first kappa shape index (κ1) is 10.5. The summed E-state index contributed by atoms with van der Waals surface area (Å²) in [5, 5.41) is 7.52. The van der Waals surface area contributed by atoms with Gasteiger partial charge < -0.3 is 11.1 Å². The third kappa shape index (κ3) is 1.86. The van der Waals surface area contributed by atoms with Crippen LogP contribution in [-0.2, 0) is 7.05 Å². The van der Waals surface area contributed by atoms with Crippen LogP contribution in [0.5, 0.6) is 0 Å². The molecule has 0 saturated carbocycles. The van der Waals surface area contributed by atoms with E-state index in [-0.39, 0.29) is 0 Å². The van der Waals surface area contributed by atoms with Crippen molar-refractivity contribution in [3.8, 4) is 0 Å². The van der Waals surface area contributed by atoms with E-state index in [1.54, 1.807) is 4.68 Å². The lowest BCUT2D eigenvalue weighted by atomic mass is 10.2. The largest absolute Gasteiger partial charge is 0.394 e. The first-order valence-electron chi connectivity index (χ1n) is 5.20. The van der Waals surface area contributed by atoms with Gasteiger partial charge in [0, 0.05) is 12.7 Å². The number of nitrogens with two attached hydrogens (primary N) is 1. The Balaban J connectivity index is 2.30. The normalized spacial score (nSPS) is 10.4. The summed E-state index contributed by atoms with van der Waals surface area (Å²) in [7, 11) is 1.87. The molecule has 0 aliphatic carbocycles. The van der Waals surface area contributed by atoms with E-state index in [0.29, 0.717) is 5.69 Å². The maximum atomic E-state index is 5.94. The van der Waals surface area contributed by atoms with E-state index >= 15 is 0 Å². The smallest absolute Gasteiger partial charge is 0.152 e. The van der Waals surface area contributed by atoms with Crippen molar-refractivity contribution < 1.29 is 0 Å². The number of nitrogen functional groups attached to an aromatic ring is 1. The number of hydrogen-bond donors (Lipinski definition) is 2. The number of aryl methyl sites for hydroxylation is 3. The van der Waals surface area contributed by atoms with Crippen LogP contribution in [0.4, 0.5) is 17.2 Å². The van der Waals surface area contributed by atoms with Crippen molar-refractivity contribution in [2.75, 3.05) is 11.1 Å². The van der Waals surface area contributed by atoms with Gasteiger partial charge >= 0.3 is 0 Å². The minimum Gasteiger partial charge on any atom is -0.394 e. The molecule has 3 N–H and O–H groups in total. The summed E-state index contributed by atoms with van der Waals surface area (Å²) in [5.74, 6) is 0.835. The van der Waals surface area contributed by atoms with E-state index in [1.807, 2.05) is 26.1 Å². The number of rotatable bonds is 2. The third-order valence-corrected chi connectivity index (χ3v) is 2.58. The molecule has 16 heavy (non-hydrogen) atoms. The Labute approximate surface area is 95.1 Å². The van der Waals surface area contributed by atoms with Gasteiger partial charge in [0.15, 0.2) is 5.82 Å². The summed E-state index contributed by atoms with van der Waals surface area (Å²) in [6.45, 7) is 3.96. The van der Waals surface area contributed by atoms with Crippen LogP contribution in [0, 0.1) is 13.8 Å². The molecule has 1 aromatic carbocycles. The number of nitrogens with zero attached hydrogens (tertiary/aromatic N) is 2.